The Kier molecular flexibility index (Phi) is 28.1. The van der Waals surface area contributed by atoms with Crippen LogP contribution >= 0.6 is 0 Å². The molecule has 2 aromatic heterocycles. The molecule has 7 amide bonds. The summed E-state index contributed by atoms with van der Waals surface area (Å²) in [6, 6.07) is 0.379. The van der Waals surface area contributed by atoms with Crippen molar-refractivity contribution in [2.75, 3.05) is 139 Å². The van der Waals surface area contributed by atoms with Crippen molar-refractivity contribution >= 4 is 58.2 Å². The lowest BCUT2D eigenvalue weighted by atomic mass is 9.81. The predicted octanol–water partition coefficient (Wildman–Crippen LogP) is -0.475. The lowest BCUT2D eigenvalue weighted by Gasteiger charge is -2.30. The molecule has 4 aliphatic rings. The monoisotopic (exact) mass is 1270 g/mol. The summed E-state index contributed by atoms with van der Waals surface area (Å²) < 4.78 is 76.7. The molecule has 0 bridgehead atoms. The number of nitrogens with one attached hydrogen (secondary N) is 5. The van der Waals surface area contributed by atoms with E-state index in [9.17, 15) is 48.3 Å². The summed E-state index contributed by atoms with van der Waals surface area (Å²) >= 11 is 0. The number of esters is 1. The smallest absolute Gasteiger partial charge is 0.340 e. The van der Waals surface area contributed by atoms with Gasteiger partial charge in [0.05, 0.1) is 147 Å². The second kappa shape index (κ2) is 36.0. The highest BCUT2D eigenvalue weighted by molar-refractivity contribution is 6.13. The minimum absolute atomic E-state index is 0.0190. The van der Waals surface area contributed by atoms with Crippen molar-refractivity contribution in [2.24, 2.45) is 0 Å². The number of pyridine rings is 2. The fraction of sp³-hybridized carbons (Fsp3) is 0.600. The molecule has 3 aromatic rings. The molecule has 0 unspecified atom stereocenters. The van der Waals surface area contributed by atoms with Crippen LogP contribution < -0.4 is 32.1 Å². The Morgan fingerprint density at radius 3 is 1.87 bits per heavy atom. The van der Waals surface area contributed by atoms with Crippen molar-refractivity contribution in [1.82, 2.24) is 41.0 Å². The van der Waals surface area contributed by atoms with Gasteiger partial charge in [-0.25, -0.2) is 14.2 Å². The molecule has 5 heterocycles. The number of benzene rings is 1. The Morgan fingerprint density at radius 1 is 0.689 bits per heavy atom. The first-order valence-corrected chi connectivity index (χ1v) is 30.0. The summed E-state index contributed by atoms with van der Waals surface area (Å²) in [5, 5.41) is 24.9. The summed E-state index contributed by atoms with van der Waals surface area (Å²) in [7, 11) is 1.34. The first kappa shape index (κ1) is 70.2. The Morgan fingerprint density at radius 2 is 1.27 bits per heavy atom. The van der Waals surface area contributed by atoms with Crippen molar-refractivity contribution in [2.45, 2.75) is 96.4 Å². The van der Waals surface area contributed by atoms with Crippen molar-refractivity contribution in [1.29, 1.82) is 0 Å². The van der Waals surface area contributed by atoms with E-state index in [0.717, 1.165) is 10.5 Å². The lowest BCUT2D eigenvalue weighted by Crippen LogP contribution is -2.52. The highest BCUT2D eigenvalue weighted by atomic mass is 19.1. The highest BCUT2D eigenvalue weighted by Crippen LogP contribution is 2.45. The maximum absolute atomic E-state index is 15.3. The van der Waals surface area contributed by atoms with Crippen LogP contribution in [0.1, 0.15) is 85.1 Å². The number of hydrogen-bond acceptors (Lipinski definition) is 22. The standard InChI is InChI=1S/C60H81FN8O21/c1-36-39-5-6-44(53-41-33-69-46(54(41)66-45(52(39)53)32-43(36)61)31-40-42(59(69)78)34-90-60(79)55(40)80-4)67-58(77)47(70)10-14-89-35-63-56(75)37(2)65-57(76)38(3)64-49(72)11-15-81-17-19-83-21-23-85-25-27-87-29-30-88-28-26-86-24-22-84-20-18-82-16-12-62-48(71)9-13-68-50(73)7-8-51(68)74/h7-8,31-32,37-38,44,47,55,70H,5-6,9-30,33-35H2,1-4H3,(H,62,71)(H,63,75)(H,64,72)(H,65,76)(H,67,77)/t37-,38-,44-,47+,55-/m0/s1. The minimum Gasteiger partial charge on any atom is -0.458 e. The first-order chi connectivity index (χ1) is 43.5. The molecule has 3 aliphatic heterocycles. The average molecular weight is 1270 g/mol. The zero-order chi connectivity index (χ0) is 64.5. The summed E-state index contributed by atoms with van der Waals surface area (Å²) in [6.07, 6.45) is 0.344. The quantitative estimate of drug-likeness (QED) is 0.0141. The third kappa shape index (κ3) is 19.9. The molecular weight excluding hydrogens is 1190 g/mol. The number of amides is 7. The number of nitrogens with zero attached hydrogens (tertiary/aromatic N) is 3. The number of carbonyl (C=O) groups is 8. The van der Waals surface area contributed by atoms with Crippen LogP contribution in [-0.2, 0) is 110 Å². The van der Waals surface area contributed by atoms with Gasteiger partial charge in [-0.05, 0) is 56.4 Å². The number of aliphatic hydroxyl groups is 1. The second-order valence-corrected chi connectivity index (χ2v) is 21.2. The predicted molar refractivity (Wildman–Crippen MR) is 313 cm³/mol. The molecule has 0 saturated heterocycles. The summed E-state index contributed by atoms with van der Waals surface area (Å²) in [6.45, 7) is 9.80. The number of imide groups is 1. The zero-order valence-electron chi connectivity index (χ0n) is 51.1. The van der Waals surface area contributed by atoms with Gasteiger partial charge in [0.25, 0.3) is 17.4 Å². The minimum atomic E-state index is -1.52. The van der Waals surface area contributed by atoms with Gasteiger partial charge in [0.1, 0.15) is 37.3 Å². The topological polar surface area (TPSA) is 357 Å². The van der Waals surface area contributed by atoms with Gasteiger partial charge in [0.15, 0.2) is 6.10 Å². The SMILES string of the molecule is CO[C@@H]1C(=O)OCc2c1cc1n(c2=O)Cc2c-1nc1cc(F)c(C)c3c1c2[C@@H](NC(=O)[C@H](O)CCOCNC(=O)[C@H](C)NC(=O)[C@H](C)NC(=O)CCOCCOCCOCCOCCOCCOCCOCCOCCNC(=O)CCN1C(=O)C=CC1=O)CC3. The number of aromatic nitrogens is 2. The van der Waals surface area contributed by atoms with Crippen LogP contribution in [-0.4, -0.2) is 224 Å². The number of carbonyl (C=O) groups excluding carboxylic acids is 8. The van der Waals surface area contributed by atoms with Crippen LogP contribution in [0.15, 0.2) is 29.1 Å². The molecule has 5 atom stereocenters. The van der Waals surface area contributed by atoms with E-state index in [-0.39, 0.29) is 89.1 Å². The number of rotatable bonds is 42. The third-order valence-electron chi connectivity index (χ3n) is 15.0. The molecule has 494 valence electrons. The van der Waals surface area contributed by atoms with E-state index in [1.807, 2.05) is 0 Å². The van der Waals surface area contributed by atoms with Crippen molar-refractivity contribution < 1.29 is 100.0 Å². The van der Waals surface area contributed by atoms with E-state index in [2.05, 4.69) is 26.6 Å². The van der Waals surface area contributed by atoms with Gasteiger partial charge in [0.2, 0.25) is 29.5 Å². The van der Waals surface area contributed by atoms with E-state index in [0.29, 0.717) is 150 Å². The van der Waals surface area contributed by atoms with Crippen molar-refractivity contribution in [3.8, 4) is 11.4 Å². The van der Waals surface area contributed by atoms with Crippen LogP contribution in [0.2, 0.25) is 0 Å². The van der Waals surface area contributed by atoms with Gasteiger partial charge >= 0.3 is 5.97 Å². The molecule has 0 radical (unpaired) electrons. The van der Waals surface area contributed by atoms with E-state index < -0.39 is 77.6 Å². The largest absolute Gasteiger partial charge is 0.458 e. The number of ether oxygens (including phenoxy) is 11. The number of aryl methyl sites for hydroxylation is 1. The van der Waals surface area contributed by atoms with E-state index >= 15 is 4.39 Å². The van der Waals surface area contributed by atoms with Gasteiger partial charge < -0.3 is 88.4 Å². The Balaban J connectivity index is 0.645. The molecule has 1 aliphatic carbocycles. The number of fused-ring (bicyclic) bond motifs is 5. The molecule has 90 heavy (non-hydrogen) atoms. The lowest BCUT2D eigenvalue weighted by molar-refractivity contribution is -0.159. The molecule has 0 spiro atoms. The van der Waals surface area contributed by atoms with Gasteiger partial charge in [-0.2, -0.15) is 0 Å². The third-order valence-corrected chi connectivity index (χ3v) is 15.0. The summed E-state index contributed by atoms with van der Waals surface area (Å²) in [4.78, 5) is 119. The Bertz CT molecular complexity index is 3090. The average Bonchev–Trinajstić information content (AvgIpc) is 1.46. The number of halogens is 1. The molecule has 30 heteroatoms. The van der Waals surface area contributed by atoms with Crippen LogP contribution in [0.25, 0.3) is 22.3 Å². The van der Waals surface area contributed by atoms with Crippen molar-refractivity contribution in [3.63, 3.8) is 0 Å². The number of hydrogen-bond donors (Lipinski definition) is 6. The van der Waals surface area contributed by atoms with Crippen LogP contribution in [0.3, 0.4) is 0 Å². The number of aliphatic hydroxyl groups excluding tert-OH is 1. The normalized spacial score (nSPS) is 16.5. The summed E-state index contributed by atoms with van der Waals surface area (Å²) in [5.74, 6) is -4.52. The highest BCUT2D eigenvalue weighted by Gasteiger charge is 2.39. The molecular formula is C60H81FN8O21. The first-order valence-electron chi connectivity index (χ1n) is 30.0. The fourth-order valence-electron chi connectivity index (χ4n) is 10.2. The Hall–Kier alpha value is -7.23. The molecule has 0 saturated carbocycles. The molecule has 7 rings (SSSR count). The summed E-state index contributed by atoms with van der Waals surface area (Å²) in [5.41, 5.74) is 3.88. The van der Waals surface area contributed by atoms with Gasteiger partial charge in [-0.15, -0.1) is 0 Å². The van der Waals surface area contributed by atoms with Crippen LogP contribution in [0.5, 0.6) is 0 Å². The molecule has 6 N–H and O–H groups in total. The molecule has 0 fully saturated rings. The molecule has 1 aromatic carbocycles. The second-order valence-electron chi connectivity index (χ2n) is 21.2. The van der Waals surface area contributed by atoms with Crippen molar-refractivity contribution in [3.05, 3.63) is 73.8 Å². The van der Waals surface area contributed by atoms with Crippen LogP contribution in [0.4, 0.5) is 4.39 Å². The van der Waals surface area contributed by atoms with E-state index in [4.69, 9.17) is 57.1 Å². The fourth-order valence-corrected chi connectivity index (χ4v) is 10.2. The molecule has 29 nitrogen and oxygen atoms in total. The van der Waals surface area contributed by atoms with Crippen LogP contribution in [0, 0.1) is 12.7 Å². The van der Waals surface area contributed by atoms with E-state index in [1.165, 1.54) is 43.7 Å². The van der Waals surface area contributed by atoms with Gasteiger partial charge in [-0.3, -0.25) is 43.3 Å². The van der Waals surface area contributed by atoms with Gasteiger partial charge in [-0.1, -0.05) is 0 Å². The number of cyclic esters (lactones) is 1. The maximum atomic E-state index is 15.3. The van der Waals surface area contributed by atoms with Gasteiger partial charge in [0, 0.05) is 74.2 Å². The number of methoxy groups -OCH3 is 1. The van der Waals surface area contributed by atoms with E-state index in [1.54, 1.807) is 13.0 Å². The Labute approximate surface area is 518 Å². The zero-order valence-corrected chi connectivity index (χ0v) is 51.1. The maximum Gasteiger partial charge on any atom is 0.340 e.